The van der Waals surface area contributed by atoms with Gasteiger partial charge in [-0.2, -0.15) is 0 Å². The first-order valence-electron chi connectivity index (χ1n) is 10.6. The molecule has 0 radical (unpaired) electrons. The van der Waals surface area contributed by atoms with Gasteiger partial charge in [-0.3, -0.25) is 9.78 Å². The number of carbonyl (C=O) groups is 1. The summed E-state index contributed by atoms with van der Waals surface area (Å²) in [5.74, 6) is 0.460. The summed E-state index contributed by atoms with van der Waals surface area (Å²) < 4.78 is 13.2. The van der Waals surface area contributed by atoms with E-state index in [2.05, 4.69) is 16.3 Å². The number of nitrogens with one attached hydrogen (secondary N) is 1. The first-order valence-corrected chi connectivity index (χ1v) is 10.6. The fraction of sp³-hybridized carbons (Fsp3) is 0.478. The van der Waals surface area contributed by atoms with Crippen LogP contribution < -0.4 is 5.32 Å². The van der Waals surface area contributed by atoms with Crippen LogP contribution in [0.4, 0.5) is 15.8 Å². The fourth-order valence-corrected chi connectivity index (χ4v) is 4.38. The van der Waals surface area contributed by atoms with Crippen molar-refractivity contribution in [3.05, 3.63) is 53.6 Å². The predicted octanol–water partition coefficient (Wildman–Crippen LogP) is 4.07. The summed E-state index contributed by atoms with van der Waals surface area (Å²) in [7, 11) is 0. The highest BCUT2D eigenvalue weighted by molar-refractivity contribution is 5.78. The molecule has 3 heterocycles. The van der Waals surface area contributed by atoms with E-state index in [0.717, 1.165) is 74.7 Å². The number of nitrogens with zero attached hydrogens (tertiary/aromatic N) is 3. The van der Waals surface area contributed by atoms with Crippen LogP contribution >= 0.6 is 0 Å². The molecule has 0 aliphatic carbocycles. The van der Waals surface area contributed by atoms with Crippen LogP contribution in [0.25, 0.3) is 0 Å². The van der Waals surface area contributed by atoms with Crippen molar-refractivity contribution in [1.29, 1.82) is 0 Å². The number of rotatable bonds is 6. The molecule has 2 aromatic rings. The topological polar surface area (TPSA) is 48.5 Å². The molecular formula is C23H29FN4O. The van der Waals surface area contributed by atoms with Gasteiger partial charge in [-0.25, -0.2) is 4.39 Å². The Hall–Kier alpha value is -2.47. The molecule has 1 aromatic carbocycles. The van der Waals surface area contributed by atoms with Crippen LogP contribution in [0.2, 0.25) is 0 Å². The van der Waals surface area contributed by atoms with Crippen LogP contribution in [0.15, 0.2) is 36.4 Å². The first kappa shape index (κ1) is 19.8. The van der Waals surface area contributed by atoms with E-state index in [9.17, 15) is 9.18 Å². The average molecular weight is 397 g/mol. The van der Waals surface area contributed by atoms with Crippen molar-refractivity contribution in [2.45, 2.75) is 38.5 Å². The molecule has 1 aromatic heterocycles. The molecule has 0 bridgehead atoms. The van der Waals surface area contributed by atoms with Crippen molar-refractivity contribution in [3.63, 3.8) is 0 Å². The van der Waals surface area contributed by atoms with Crippen molar-refractivity contribution in [3.8, 4) is 0 Å². The molecule has 154 valence electrons. The lowest BCUT2D eigenvalue weighted by molar-refractivity contribution is -0.127. The first-order chi connectivity index (χ1) is 14.1. The maximum Gasteiger partial charge on any atom is 0.222 e. The lowest BCUT2D eigenvalue weighted by atomic mass is 9.93. The summed E-state index contributed by atoms with van der Waals surface area (Å²) in [4.78, 5) is 21.1. The summed E-state index contributed by atoms with van der Waals surface area (Å²) in [5, 5.41) is 3.37. The third-order valence-electron chi connectivity index (χ3n) is 5.89. The maximum atomic E-state index is 13.2. The average Bonchev–Trinajstić information content (AvgIpc) is 3.13. The number of aryl methyl sites for hydroxylation is 1. The Labute approximate surface area is 171 Å². The zero-order valence-electron chi connectivity index (χ0n) is 17.0. The zero-order valence-corrected chi connectivity index (χ0v) is 17.0. The summed E-state index contributed by atoms with van der Waals surface area (Å²) >= 11 is 0. The number of likely N-dealkylation sites (tertiary alicyclic amines) is 2. The van der Waals surface area contributed by atoms with Crippen molar-refractivity contribution in [2.75, 3.05) is 38.0 Å². The number of aromatic nitrogens is 1. The molecule has 1 amide bonds. The molecule has 4 rings (SSSR count). The molecule has 1 N–H and O–H groups in total. The summed E-state index contributed by atoms with van der Waals surface area (Å²) in [6, 6.07) is 10.5. The molecule has 2 saturated heterocycles. The highest BCUT2D eigenvalue weighted by Crippen LogP contribution is 2.29. The van der Waals surface area contributed by atoms with Crippen LogP contribution in [-0.2, 0) is 4.79 Å². The Morgan fingerprint density at radius 2 is 1.93 bits per heavy atom. The van der Waals surface area contributed by atoms with E-state index >= 15 is 0 Å². The van der Waals surface area contributed by atoms with Gasteiger partial charge in [0.2, 0.25) is 5.91 Å². The standard InChI is InChI=1S/C23H29FN4O/c1-17-14-21(26-20-8-6-19(24)7-9-20)15-22(25-17)18-4-2-10-27(16-18)12-13-28-11-3-5-23(28)29/h6-9,14-15,18H,2-5,10-13,16H2,1H3,(H,25,26)/t18-/m1/s1. The lowest BCUT2D eigenvalue weighted by Crippen LogP contribution is -2.40. The van der Waals surface area contributed by atoms with Gasteiger partial charge in [-0.05, 0) is 69.1 Å². The Bertz CT molecular complexity index is 854. The monoisotopic (exact) mass is 396 g/mol. The third-order valence-corrected chi connectivity index (χ3v) is 5.89. The summed E-state index contributed by atoms with van der Waals surface area (Å²) in [6.45, 7) is 6.77. The minimum atomic E-state index is -0.236. The zero-order chi connectivity index (χ0) is 20.2. The van der Waals surface area contributed by atoms with E-state index in [1.165, 1.54) is 12.1 Å². The quantitative estimate of drug-likeness (QED) is 0.800. The number of carbonyl (C=O) groups excluding carboxylic acids is 1. The molecular weight excluding hydrogens is 367 g/mol. The van der Waals surface area contributed by atoms with E-state index < -0.39 is 0 Å². The molecule has 5 nitrogen and oxygen atoms in total. The van der Waals surface area contributed by atoms with Gasteiger partial charge in [0, 0.05) is 61.3 Å². The number of hydrogen-bond donors (Lipinski definition) is 1. The third kappa shape index (κ3) is 5.12. The number of piperidine rings is 1. The Kier molecular flexibility index (Phi) is 6.09. The van der Waals surface area contributed by atoms with E-state index in [0.29, 0.717) is 18.2 Å². The van der Waals surface area contributed by atoms with E-state index in [4.69, 9.17) is 4.98 Å². The van der Waals surface area contributed by atoms with E-state index in [-0.39, 0.29) is 5.82 Å². The Morgan fingerprint density at radius 3 is 2.69 bits per heavy atom. The molecule has 2 aliphatic heterocycles. The number of anilines is 2. The normalized spacial score (nSPS) is 20.3. The van der Waals surface area contributed by atoms with Crippen LogP contribution in [0.3, 0.4) is 0 Å². The van der Waals surface area contributed by atoms with Crippen molar-refractivity contribution in [2.24, 2.45) is 0 Å². The van der Waals surface area contributed by atoms with Gasteiger partial charge in [-0.1, -0.05) is 0 Å². The van der Waals surface area contributed by atoms with Crippen molar-refractivity contribution in [1.82, 2.24) is 14.8 Å². The van der Waals surface area contributed by atoms with Gasteiger partial charge >= 0.3 is 0 Å². The molecule has 29 heavy (non-hydrogen) atoms. The number of halogens is 1. The second-order valence-electron chi connectivity index (χ2n) is 8.18. The molecule has 1 atom stereocenters. The van der Waals surface area contributed by atoms with Gasteiger partial charge < -0.3 is 15.1 Å². The smallest absolute Gasteiger partial charge is 0.222 e. The number of amides is 1. The van der Waals surface area contributed by atoms with Crippen molar-refractivity contribution >= 4 is 17.3 Å². The van der Waals surface area contributed by atoms with Crippen LogP contribution in [0.5, 0.6) is 0 Å². The molecule has 2 fully saturated rings. The highest BCUT2D eigenvalue weighted by Gasteiger charge is 2.25. The van der Waals surface area contributed by atoms with Gasteiger partial charge in [0.15, 0.2) is 0 Å². The predicted molar refractivity (Wildman–Crippen MR) is 113 cm³/mol. The van der Waals surface area contributed by atoms with Gasteiger partial charge in [0.1, 0.15) is 5.82 Å². The molecule has 6 heteroatoms. The van der Waals surface area contributed by atoms with Crippen LogP contribution in [0, 0.1) is 12.7 Å². The van der Waals surface area contributed by atoms with E-state index in [1.807, 2.05) is 17.9 Å². The second kappa shape index (κ2) is 8.91. The molecule has 0 unspecified atom stereocenters. The van der Waals surface area contributed by atoms with Gasteiger partial charge in [0.05, 0.1) is 0 Å². The largest absolute Gasteiger partial charge is 0.355 e. The Morgan fingerprint density at radius 1 is 1.10 bits per heavy atom. The van der Waals surface area contributed by atoms with Crippen LogP contribution in [0.1, 0.15) is 43.0 Å². The fourth-order valence-electron chi connectivity index (χ4n) is 4.38. The van der Waals surface area contributed by atoms with Crippen molar-refractivity contribution < 1.29 is 9.18 Å². The van der Waals surface area contributed by atoms with Gasteiger partial charge in [-0.15, -0.1) is 0 Å². The highest BCUT2D eigenvalue weighted by atomic mass is 19.1. The SMILES string of the molecule is Cc1cc(Nc2ccc(F)cc2)cc([C@@H]2CCCN(CCN3CCCC3=O)C2)n1. The molecule has 0 saturated carbocycles. The molecule has 0 spiro atoms. The minimum Gasteiger partial charge on any atom is -0.355 e. The summed E-state index contributed by atoms with van der Waals surface area (Å²) in [5.41, 5.74) is 3.94. The number of hydrogen-bond acceptors (Lipinski definition) is 4. The minimum absolute atomic E-state index is 0.236. The summed E-state index contributed by atoms with van der Waals surface area (Å²) in [6.07, 6.45) is 3.98. The van der Waals surface area contributed by atoms with E-state index in [1.54, 1.807) is 12.1 Å². The molecule has 2 aliphatic rings. The Balaban J connectivity index is 1.40. The van der Waals surface area contributed by atoms with Gasteiger partial charge in [0.25, 0.3) is 0 Å². The number of pyridine rings is 1. The van der Waals surface area contributed by atoms with Crippen LogP contribution in [-0.4, -0.2) is 53.4 Å². The second-order valence-corrected chi connectivity index (χ2v) is 8.18. The lowest BCUT2D eigenvalue weighted by Gasteiger charge is -2.33. The number of benzene rings is 1. The maximum absolute atomic E-state index is 13.2.